The van der Waals surface area contributed by atoms with E-state index < -0.39 is 0 Å². The summed E-state index contributed by atoms with van der Waals surface area (Å²) in [6, 6.07) is 10.9. The van der Waals surface area contributed by atoms with E-state index in [0.717, 1.165) is 12.8 Å². The molecule has 0 aliphatic heterocycles. The Bertz CT molecular complexity index is 451. The summed E-state index contributed by atoms with van der Waals surface area (Å²) in [6.45, 7) is 2.11. The molecule has 3 N–H and O–H groups in total. The number of nitrogens with one attached hydrogen (secondary N) is 1. The van der Waals surface area contributed by atoms with E-state index in [-0.39, 0.29) is 6.04 Å². The van der Waals surface area contributed by atoms with Gasteiger partial charge in [-0.1, -0.05) is 29.8 Å². The first-order valence-corrected chi connectivity index (χ1v) is 6.77. The molecular weight excluding hydrogens is 228 g/mol. The van der Waals surface area contributed by atoms with E-state index in [1.54, 1.807) is 11.3 Å². The molecule has 0 radical (unpaired) electrons. The Kier molecular flexibility index (Phi) is 4.31. The Labute approximate surface area is 106 Å². The first kappa shape index (κ1) is 12.3. The van der Waals surface area contributed by atoms with E-state index in [1.165, 1.54) is 16.7 Å². The number of nitrogens with two attached hydrogens (primary N) is 1. The van der Waals surface area contributed by atoms with Crippen molar-refractivity contribution in [2.45, 2.75) is 25.8 Å². The van der Waals surface area contributed by atoms with Crippen LogP contribution in [0, 0.1) is 6.92 Å². The Morgan fingerprint density at radius 3 is 2.88 bits per heavy atom. The minimum Gasteiger partial charge on any atom is -0.271 e. The van der Waals surface area contributed by atoms with Crippen molar-refractivity contribution >= 4 is 11.3 Å². The minimum absolute atomic E-state index is 0.231. The van der Waals surface area contributed by atoms with E-state index in [1.807, 2.05) is 0 Å². The summed E-state index contributed by atoms with van der Waals surface area (Å²) in [4.78, 5) is 0. The fourth-order valence-corrected chi connectivity index (χ4v) is 2.68. The van der Waals surface area contributed by atoms with Crippen molar-refractivity contribution in [3.8, 4) is 0 Å². The first-order chi connectivity index (χ1) is 8.29. The molecule has 90 valence electrons. The summed E-state index contributed by atoms with van der Waals surface area (Å²) in [7, 11) is 0. The zero-order chi connectivity index (χ0) is 12.1. The third-order valence-corrected chi connectivity index (χ3v) is 3.68. The van der Waals surface area contributed by atoms with Gasteiger partial charge in [0, 0.05) is 6.04 Å². The molecule has 1 atom stereocenters. The maximum absolute atomic E-state index is 5.65. The molecule has 0 saturated heterocycles. The van der Waals surface area contributed by atoms with Crippen LogP contribution >= 0.6 is 11.3 Å². The molecule has 0 bridgehead atoms. The van der Waals surface area contributed by atoms with Gasteiger partial charge in [0.15, 0.2) is 0 Å². The molecule has 1 heterocycles. The van der Waals surface area contributed by atoms with Crippen LogP contribution in [0.15, 0.2) is 41.1 Å². The van der Waals surface area contributed by atoms with Crippen LogP contribution < -0.4 is 11.3 Å². The highest BCUT2D eigenvalue weighted by Crippen LogP contribution is 2.20. The fourth-order valence-electron chi connectivity index (χ4n) is 1.98. The highest BCUT2D eigenvalue weighted by Gasteiger charge is 2.09. The zero-order valence-corrected chi connectivity index (χ0v) is 10.8. The van der Waals surface area contributed by atoms with Crippen LogP contribution in [0.2, 0.25) is 0 Å². The molecule has 0 fully saturated rings. The topological polar surface area (TPSA) is 38.0 Å². The maximum atomic E-state index is 5.65. The van der Waals surface area contributed by atoms with Crippen LogP contribution in [-0.2, 0) is 6.42 Å². The standard InChI is InChI=1S/C14H18N2S/c1-11-3-2-4-13(9-11)14(16-15)6-5-12-7-8-17-10-12/h2-4,7-10,14,16H,5-6,15H2,1H3. The van der Waals surface area contributed by atoms with Gasteiger partial charge in [-0.25, -0.2) is 0 Å². The molecule has 0 spiro atoms. The lowest BCUT2D eigenvalue weighted by Gasteiger charge is -2.16. The summed E-state index contributed by atoms with van der Waals surface area (Å²) in [5.41, 5.74) is 6.85. The van der Waals surface area contributed by atoms with Gasteiger partial charge in [0.25, 0.3) is 0 Å². The number of hydrogen-bond acceptors (Lipinski definition) is 3. The van der Waals surface area contributed by atoms with Crippen molar-refractivity contribution in [1.29, 1.82) is 0 Å². The highest BCUT2D eigenvalue weighted by atomic mass is 32.1. The average molecular weight is 246 g/mol. The molecular formula is C14H18N2S. The molecule has 2 rings (SSSR count). The summed E-state index contributed by atoms with van der Waals surface area (Å²) in [5.74, 6) is 5.65. The molecule has 3 heteroatoms. The van der Waals surface area contributed by atoms with Crippen LogP contribution in [0.25, 0.3) is 0 Å². The quantitative estimate of drug-likeness (QED) is 0.628. The Morgan fingerprint density at radius 1 is 1.35 bits per heavy atom. The third-order valence-electron chi connectivity index (χ3n) is 2.95. The number of thiophene rings is 1. The lowest BCUT2D eigenvalue weighted by Crippen LogP contribution is -2.28. The molecule has 17 heavy (non-hydrogen) atoms. The summed E-state index contributed by atoms with van der Waals surface area (Å²) < 4.78 is 0. The summed E-state index contributed by atoms with van der Waals surface area (Å²) >= 11 is 1.75. The molecule has 0 saturated carbocycles. The number of benzene rings is 1. The van der Waals surface area contributed by atoms with Gasteiger partial charge in [-0.2, -0.15) is 11.3 Å². The number of hydrogen-bond donors (Lipinski definition) is 2. The van der Waals surface area contributed by atoms with Crippen LogP contribution in [0.3, 0.4) is 0 Å². The predicted molar refractivity (Wildman–Crippen MR) is 73.9 cm³/mol. The molecule has 1 unspecified atom stereocenters. The van der Waals surface area contributed by atoms with E-state index in [2.05, 4.69) is 53.4 Å². The van der Waals surface area contributed by atoms with E-state index in [9.17, 15) is 0 Å². The van der Waals surface area contributed by atoms with Crippen molar-refractivity contribution in [2.24, 2.45) is 5.84 Å². The monoisotopic (exact) mass is 246 g/mol. The largest absolute Gasteiger partial charge is 0.271 e. The van der Waals surface area contributed by atoms with E-state index in [0.29, 0.717) is 0 Å². The van der Waals surface area contributed by atoms with Gasteiger partial charge >= 0.3 is 0 Å². The Balaban J connectivity index is 2.01. The second-order valence-corrected chi connectivity index (χ2v) is 5.08. The normalized spacial score (nSPS) is 12.6. The van der Waals surface area contributed by atoms with Gasteiger partial charge in [-0.15, -0.1) is 0 Å². The molecule has 0 aliphatic carbocycles. The van der Waals surface area contributed by atoms with Gasteiger partial charge in [0.2, 0.25) is 0 Å². The molecule has 0 amide bonds. The summed E-state index contributed by atoms with van der Waals surface area (Å²) in [5, 5.41) is 4.32. The second kappa shape index (κ2) is 5.96. The van der Waals surface area contributed by atoms with E-state index in [4.69, 9.17) is 5.84 Å². The van der Waals surface area contributed by atoms with Crippen molar-refractivity contribution in [3.05, 3.63) is 57.8 Å². The second-order valence-electron chi connectivity index (χ2n) is 4.30. The van der Waals surface area contributed by atoms with Crippen molar-refractivity contribution in [2.75, 3.05) is 0 Å². The van der Waals surface area contributed by atoms with Gasteiger partial charge in [0.1, 0.15) is 0 Å². The predicted octanol–water partition coefficient (Wildman–Crippen LogP) is 3.19. The van der Waals surface area contributed by atoms with E-state index >= 15 is 0 Å². The van der Waals surface area contributed by atoms with Crippen molar-refractivity contribution < 1.29 is 0 Å². The molecule has 0 aliphatic rings. The molecule has 2 nitrogen and oxygen atoms in total. The third kappa shape index (κ3) is 3.40. The number of rotatable bonds is 5. The van der Waals surface area contributed by atoms with Crippen LogP contribution in [-0.4, -0.2) is 0 Å². The fraction of sp³-hybridized carbons (Fsp3) is 0.286. The van der Waals surface area contributed by atoms with Gasteiger partial charge in [-0.3, -0.25) is 11.3 Å². The lowest BCUT2D eigenvalue weighted by molar-refractivity contribution is 0.516. The summed E-state index contributed by atoms with van der Waals surface area (Å²) in [6.07, 6.45) is 2.09. The number of hydrazine groups is 1. The average Bonchev–Trinajstić information content (AvgIpc) is 2.83. The van der Waals surface area contributed by atoms with Crippen molar-refractivity contribution in [1.82, 2.24) is 5.43 Å². The van der Waals surface area contributed by atoms with Crippen LogP contribution in [0.5, 0.6) is 0 Å². The Hall–Kier alpha value is -1.16. The molecule has 2 aromatic rings. The van der Waals surface area contributed by atoms with Gasteiger partial charge < -0.3 is 0 Å². The molecule has 1 aromatic carbocycles. The van der Waals surface area contributed by atoms with Gasteiger partial charge in [0.05, 0.1) is 0 Å². The van der Waals surface area contributed by atoms with Crippen LogP contribution in [0.1, 0.15) is 29.2 Å². The number of aryl methyl sites for hydroxylation is 2. The highest BCUT2D eigenvalue weighted by molar-refractivity contribution is 7.07. The smallest absolute Gasteiger partial charge is 0.0463 e. The van der Waals surface area contributed by atoms with Crippen molar-refractivity contribution in [3.63, 3.8) is 0 Å². The molecule has 1 aromatic heterocycles. The zero-order valence-electron chi connectivity index (χ0n) is 10.0. The minimum atomic E-state index is 0.231. The SMILES string of the molecule is Cc1cccc(C(CCc2ccsc2)NN)c1. The Morgan fingerprint density at radius 2 is 2.24 bits per heavy atom. The van der Waals surface area contributed by atoms with Gasteiger partial charge in [-0.05, 0) is 47.7 Å². The first-order valence-electron chi connectivity index (χ1n) is 5.83. The van der Waals surface area contributed by atoms with Crippen LogP contribution in [0.4, 0.5) is 0 Å². The maximum Gasteiger partial charge on any atom is 0.0463 e. The lowest BCUT2D eigenvalue weighted by atomic mass is 9.99.